The third-order valence-corrected chi connectivity index (χ3v) is 2.40. The van der Waals surface area contributed by atoms with Gasteiger partial charge >= 0.3 is 6.18 Å². The summed E-state index contributed by atoms with van der Waals surface area (Å²) in [5.74, 6) is 0. The molecule has 0 amide bonds. The smallest absolute Gasteiger partial charge is 0.313 e. The maximum absolute atomic E-state index is 12.6. The van der Waals surface area contributed by atoms with Crippen molar-refractivity contribution in [3.8, 4) is 0 Å². The van der Waals surface area contributed by atoms with Gasteiger partial charge in [0.1, 0.15) is 0 Å². The molecule has 1 N–H and O–H groups in total. The maximum atomic E-state index is 12.6. The molecule has 0 unspecified atom stereocenters. The van der Waals surface area contributed by atoms with E-state index in [1.807, 2.05) is 0 Å². The molecule has 94 valence electrons. The van der Waals surface area contributed by atoms with Crippen LogP contribution in [0.1, 0.15) is 24.0 Å². The second-order valence-corrected chi connectivity index (χ2v) is 3.76. The number of rotatable bonds is 6. The molecule has 1 aromatic rings. The number of benzene rings is 1. The number of hydrogen-bond donors (Lipinski definition) is 1. The summed E-state index contributed by atoms with van der Waals surface area (Å²) in [5, 5.41) is 3.00. The van der Waals surface area contributed by atoms with Gasteiger partial charge in [0.25, 0.3) is 0 Å². The van der Waals surface area contributed by atoms with Crippen LogP contribution < -0.4 is 5.32 Å². The van der Waals surface area contributed by atoms with E-state index in [4.69, 9.17) is 0 Å². The highest BCUT2D eigenvalue weighted by Gasteiger charge is 2.32. The standard InChI is InChI=1S/C13H16F3N/c1-2-3-6-9-17-10-11-7-4-5-8-12(11)13(14,15)16/h2,4-5,7-8,17H,1,3,6,9-10H2. The van der Waals surface area contributed by atoms with E-state index in [-0.39, 0.29) is 6.54 Å². The van der Waals surface area contributed by atoms with E-state index in [1.54, 1.807) is 12.1 Å². The van der Waals surface area contributed by atoms with Crippen molar-refractivity contribution in [2.24, 2.45) is 0 Å². The van der Waals surface area contributed by atoms with Gasteiger partial charge < -0.3 is 5.32 Å². The lowest BCUT2D eigenvalue weighted by molar-refractivity contribution is -0.138. The third-order valence-electron chi connectivity index (χ3n) is 2.40. The predicted molar refractivity (Wildman–Crippen MR) is 62.6 cm³/mol. The Labute approximate surface area is 99.3 Å². The molecule has 17 heavy (non-hydrogen) atoms. The molecule has 4 heteroatoms. The molecular formula is C13H16F3N. The van der Waals surface area contributed by atoms with Crippen molar-refractivity contribution in [1.29, 1.82) is 0 Å². The zero-order chi connectivity index (χ0) is 12.7. The lowest BCUT2D eigenvalue weighted by Crippen LogP contribution is -2.18. The minimum Gasteiger partial charge on any atom is -0.313 e. The summed E-state index contributed by atoms with van der Waals surface area (Å²) >= 11 is 0. The van der Waals surface area contributed by atoms with Crippen LogP contribution in [0.4, 0.5) is 13.2 Å². The highest BCUT2D eigenvalue weighted by molar-refractivity contribution is 5.29. The highest BCUT2D eigenvalue weighted by atomic mass is 19.4. The predicted octanol–water partition coefficient (Wildman–Crippen LogP) is 3.76. The first-order chi connectivity index (χ1) is 8.05. The van der Waals surface area contributed by atoms with Gasteiger partial charge in [-0.1, -0.05) is 24.3 Å². The average molecular weight is 243 g/mol. The van der Waals surface area contributed by atoms with Crippen molar-refractivity contribution in [3.63, 3.8) is 0 Å². The first kappa shape index (κ1) is 13.8. The maximum Gasteiger partial charge on any atom is 0.416 e. The number of nitrogens with one attached hydrogen (secondary N) is 1. The second kappa shape index (κ2) is 6.45. The van der Waals surface area contributed by atoms with Crippen molar-refractivity contribution >= 4 is 0 Å². The van der Waals surface area contributed by atoms with Gasteiger partial charge in [-0.25, -0.2) is 0 Å². The van der Waals surface area contributed by atoms with Crippen LogP contribution in [-0.2, 0) is 12.7 Å². The number of halogens is 3. The Morgan fingerprint density at radius 1 is 1.24 bits per heavy atom. The summed E-state index contributed by atoms with van der Waals surface area (Å²) in [6, 6.07) is 5.64. The molecule has 1 rings (SSSR count). The monoisotopic (exact) mass is 243 g/mol. The minimum absolute atomic E-state index is 0.243. The first-order valence-corrected chi connectivity index (χ1v) is 5.52. The Morgan fingerprint density at radius 2 is 1.94 bits per heavy atom. The third kappa shape index (κ3) is 4.61. The van der Waals surface area contributed by atoms with Gasteiger partial charge in [-0.15, -0.1) is 6.58 Å². The zero-order valence-electron chi connectivity index (χ0n) is 9.56. The Balaban J connectivity index is 2.56. The molecule has 0 radical (unpaired) electrons. The highest BCUT2D eigenvalue weighted by Crippen LogP contribution is 2.31. The van der Waals surface area contributed by atoms with Crippen LogP contribution in [0.3, 0.4) is 0 Å². The van der Waals surface area contributed by atoms with Crippen molar-refractivity contribution < 1.29 is 13.2 Å². The summed E-state index contributed by atoms with van der Waals surface area (Å²) in [4.78, 5) is 0. The summed E-state index contributed by atoms with van der Waals surface area (Å²) in [6.07, 6.45) is -0.726. The van der Waals surface area contributed by atoms with Gasteiger partial charge in [0.05, 0.1) is 5.56 Å². The number of hydrogen-bond acceptors (Lipinski definition) is 1. The molecule has 0 saturated heterocycles. The van der Waals surface area contributed by atoms with Gasteiger partial charge in [0, 0.05) is 6.54 Å². The Hall–Kier alpha value is -1.29. The summed E-state index contributed by atoms with van der Waals surface area (Å²) < 4.78 is 37.9. The molecule has 0 fully saturated rings. The minimum atomic E-state index is -4.28. The van der Waals surface area contributed by atoms with Crippen LogP contribution in [0.2, 0.25) is 0 Å². The average Bonchev–Trinajstić information content (AvgIpc) is 2.28. The summed E-state index contributed by atoms with van der Waals surface area (Å²) in [5.41, 5.74) is -0.269. The second-order valence-electron chi connectivity index (χ2n) is 3.76. The topological polar surface area (TPSA) is 12.0 Å². The van der Waals surface area contributed by atoms with Crippen LogP contribution in [0.5, 0.6) is 0 Å². The molecule has 0 heterocycles. The fourth-order valence-electron chi connectivity index (χ4n) is 1.55. The first-order valence-electron chi connectivity index (χ1n) is 5.52. The van der Waals surface area contributed by atoms with E-state index in [0.29, 0.717) is 12.1 Å². The lowest BCUT2D eigenvalue weighted by Gasteiger charge is -2.13. The molecule has 0 bridgehead atoms. The molecule has 0 aliphatic rings. The molecular weight excluding hydrogens is 227 g/mol. The number of alkyl halides is 3. The van der Waals surface area contributed by atoms with Gasteiger partial charge in [-0.05, 0) is 31.0 Å². The Bertz CT molecular complexity index is 358. The quantitative estimate of drug-likeness (QED) is 0.592. The van der Waals surface area contributed by atoms with Crippen molar-refractivity contribution in [2.45, 2.75) is 25.6 Å². The van der Waals surface area contributed by atoms with E-state index < -0.39 is 11.7 Å². The summed E-state index contributed by atoms with van der Waals surface area (Å²) in [7, 11) is 0. The van der Waals surface area contributed by atoms with Crippen molar-refractivity contribution in [1.82, 2.24) is 5.32 Å². The zero-order valence-corrected chi connectivity index (χ0v) is 9.56. The molecule has 0 aliphatic heterocycles. The van der Waals surface area contributed by atoms with Crippen molar-refractivity contribution in [3.05, 3.63) is 48.0 Å². The SMILES string of the molecule is C=CCCCNCc1ccccc1C(F)(F)F. The van der Waals surface area contributed by atoms with Gasteiger partial charge in [-0.2, -0.15) is 13.2 Å². The molecule has 0 atom stereocenters. The van der Waals surface area contributed by atoms with E-state index in [1.165, 1.54) is 12.1 Å². The van der Waals surface area contributed by atoms with Gasteiger partial charge in [0.2, 0.25) is 0 Å². The molecule has 0 aromatic heterocycles. The Morgan fingerprint density at radius 3 is 2.59 bits per heavy atom. The van der Waals surface area contributed by atoms with Crippen LogP contribution in [0.25, 0.3) is 0 Å². The Kier molecular flexibility index (Phi) is 5.22. The molecule has 1 aromatic carbocycles. The lowest BCUT2D eigenvalue weighted by atomic mass is 10.1. The fourth-order valence-corrected chi connectivity index (χ4v) is 1.55. The molecule has 0 saturated carbocycles. The van der Waals surface area contributed by atoms with Gasteiger partial charge in [-0.3, -0.25) is 0 Å². The van der Waals surface area contributed by atoms with E-state index in [9.17, 15) is 13.2 Å². The van der Waals surface area contributed by atoms with Crippen LogP contribution in [-0.4, -0.2) is 6.54 Å². The molecule has 1 nitrogen and oxygen atoms in total. The van der Waals surface area contributed by atoms with Crippen molar-refractivity contribution in [2.75, 3.05) is 6.54 Å². The number of unbranched alkanes of at least 4 members (excludes halogenated alkanes) is 1. The molecule has 0 spiro atoms. The van der Waals surface area contributed by atoms with E-state index in [2.05, 4.69) is 11.9 Å². The number of allylic oxidation sites excluding steroid dienone is 1. The summed E-state index contributed by atoms with van der Waals surface area (Å²) in [6.45, 7) is 4.52. The van der Waals surface area contributed by atoms with Crippen LogP contribution in [0.15, 0.2) is 36.9 Å². The van der Waals surface area contributed by atoms with Crippen LogP contribution in [0, 0.1) is 0 Å². The van der Waals surface area contributed by atoms with Crippen LogP contribution >= 0.6 is 0 Å². The largest absolute Gasteiger partial charge is 0.416 e. The normalized spacial score (nSPS) is 11.5. The van der Waals surface area contributed by atoms with E-state index in [0.717, 1.165) is 18.9 Å². The van der Waals surface area contributed by atoms with Gasteiger partial charge in [0.15, 0.2) is 0 Å². The molecule has 0 aliphatic carbocycles. The fraction of sp³-hybridized carbons (Fsp3) is 0.385. The van der Waals surface area contributed by atoms with E-state index >= 15 is 0 Å².